The number of benzene rings is 2. The van der Waals surface area contributed by atoms with Crippen LogP contribution >= 0.6 is 23.2 Å². The summed E-state index contributed by atoms with van der Waals surface area (Å²) in [6.45, 7) is 5.48. The molecule has 26 heavy (non-hydrogen) atoms. The number of carbonyl (C=O) groups is 2. The van der Waals surface area contributed by atoms with E-state index in [9.17, 15) is 9.59 Å². The molecule has 0 aliphatic heterocycles. The number of ether oxygens (including phenoxy) is 1. The zero-order valence-corrected chi connectivity index (χ0v) is 16.3. The number of nitrogens with one attached hydrogen (secondary N) is 1. The monoisotopic (exact) mass is 394 g/mol. The Labute approximate surface area is 162 Å². The molecule has 0 aliphatic rings. The average Bonchev–Trinajstić information content (AvgIpc) is 2.59. The molecule has 2 aromatic rings. The van der Waals surface area contributed by atoms with Crippen LogP contribution in [0.3, 0.4) is 0 Å². The standard InChI is InChI=1S/C19H20Cl2N2O3/c1-19(2,3)23(17(24)14-9-10-15(20)16(21)11-14)22-18(25)26-12-13-7-5-4-6-8-13/h4-11H,12H2,1-3H3,(H,22,25). The lowest BCUT2D eigenvalue weighted by molar-refractivity contribution is 0.0342. The summed E-state index contributed by atoms with van der Waals surface area (Å²) in [7, 11) is 0. The first-order chi connectivity index (χ1) is 12.2. The van der Waals surface area contributed by atoms with E-state index in [4.69, 9.17) is 27.9 Å². The van der Waals surface area contributed by atoms with Crippen LogP contribution in [-0.2, 0) is 11.3 Å². The molecule has 2 aromatic carbocycles. The van der Waals surface area contributed by atoms with Crippen LogP contribution in [0, 0.1) is 0 Å². The van der Waals surface area contributed by atoms with Gasteiger partial charge in [0, 0.05) is 5.56 Å². The van der Waals surface area contributed by atoms with Crippen molar-refractivity contribution in [3.63, 3.8) is 0 Å². The Balaban J connectivity index is 2.10. The zero-order chi connectivity index (χ0) is 19.3. The largest absolute Gasteiger partial charge is 0.443 e. The Morgan fingerprint density at radius 1 is 1.04 bits per heavy atom. The normalized spacial score (nSPS) is 11.0. The Hall–Kier alpha value is -2.24. The molecular formula is C19H20Cl2N2O3. The minimum Gasteiger partial charge on any atom is -0.443 e. The SMILES string of the molecule is CC(C)(C)N(NC(=O)OCc1ccccc1)C(=O)c1ccc(Cl)c(Cl)c1. The molecule has 0 aromatic heterocycles. The van der Waals surface area contributed by atoms with Crippen LogP contribution in [-0.4, -0.2) is 22.5 Å². The van der Waals surface area contributed by atoms with Gasteiger partial charge in [0.25, 0.3) is 5.91 Å². The van der Waals surface area contributed by atoms with E-state index in [1.54, 1.807) is 26.8 Å². The molecule has 0 spiro atoms. The second kappa shape index (κ2) is 8.43. The van der Waals surface area contributed by atoms with E-state index in [0.29, 0.717) is 10.6 Å². The molecule has 1 N–H and O–H groups in total. The topological polar surface area (TPSA) is 58.6 Å². The van der Waals surface area contributed by atoms with Crippen LogP contribution in [0.5, 0.6) is 0 Å². The average molecular weight is 395 g/mol. The first-order valence-corrected chi connectivity index (χ1v) is 8.71. The lowest BCUT2D eigenvalue weighted by atomic mass is 10.1. The fraction of sp³-hybridized carbons (Fsp3) is 0.263. The number of nitrogens with zero attached hydrogens (tertiary/aromatic N) is 1. The van der Waals surface area contributed by atoms with Gasteiger partial charge in [0.05, 0.1) is 15.6 Å². The first-order valence-electron chi connectivity index (χ1n) is 7.95. The zero-order valence-electron chi connectivity index (χ0n) is 14.8. The van der Waals surface area contributed by atoms with Gasteiger partial charge in [-0.1, -0.05) is 53.5 Å². The van der Waals surface area contributed by atoms with Crippen LogP contribution in [0.15, 0.2) is 48.5 Å². The fourth-order valence-electron chi connectivity index (χ4n) is 2.13. The maximum absolute atomic E-state index is 12.8. The lowest BCUT2D eigenvalue weighted by Crippen LogP contribution is -2.56. The van der Waals surface area contributed by atoms with E-state index >= 15 is 0 Å². The summed E-state index contributed by atoms with van der Waals surface area (Å²) in [6.07, 6.45) is -0.725. The molecule has 0 unspecified atom stereocenters. The molecule has 0 aliphatic carbocycles. The third-order valence-corrected chi connectivity index (χ3v) is 4.20. The molecule has 7 heteroatoms. The molecule has 0 atom stereocenters. The van der Waals surface area contributed by atoms with Crippen molar-refractivity contribution < 1.29 is 14.3 Å². The van der Waals surface area contributed by atoms with Gasteiger partial charge in [-0.05, 0) is 44.5 Å². The summed E-state index contributed by atoms with van der Waals surface area (Å²) < 4.78 is 5.19. The number of hydrazine groups is 1. The summed E-state index contributed by atoms with van der Waals surface area (Å²) in [5, 5.41) is 1.82. The number of hydrogen-bond donors (Lipinski definition) is 1. The van der Waals surface area contributed by atoms with Crippen molar-refractivity contribution in [1.82, 2.24) is 10.4 Å². The van der Waals surface area contributed by atoms with Crippen molar-refractivity contribution in [3.05, 3.63) is 69.7 Å². The highest BCUT2D eigenvalue weighted by Gasteiger charge is 2.30. The van der Waals surface area contributed by atoms with Gasteiger partial charge < -0.3 is 4.74 Å². The Bertz CT molecular complexity index is 789. The molecule has 0 saturated carbocycles. The second-order valence-corrected chi connectivity index (χ2v) is 7.43. The van der Waals surface area contributed by atoms with Crippen molar-refractivity contribution in [2.24, 2.45) is 0 Å². The summed E-state index contributed by atoms with van der Waals surface area (Å²) in [5.41, 5.74) is 2.97. The van der Waals surface area contributed by atoms with Gasteiger partial charge in [-0.2, -0.15) is 0 Å². The van der Waals surface area contributed by atoms with Crippen molar-refractivity contribution in [1.29, 1.82) is 0 Å². The predicted octanol–water partition coefficient (Wildman–Crippen LogP) is 5.08. The minimum atomic E-state index is -0.725. The number of carbonyl (C=O) groups excluding carboxylic acids is 2. The highest BCUT2D eigenvalue weighted by Crippen LogP contribution is 2.24. The van der Waals surface area contributed by atoms with E-state index in [1.165, 1.54) is 17.1 Å². The second-order valence-electron chi connectivity index (χ2n) is 6.61. The Morgan fingerprint density at radius 2 is 1.69 bits per heavy atom. The van der Waals surface area contributed by atoms with Gasteiger partial charge in [-0.15, -0.1) is 0 Å². The van der Waals surface area contributed by atoms with E-state index in [-0.39, 0.29) is 11.6 Å². The van der Waals surface area contributed by atoms with Gasteiger partial charge in [-0.25, -0.2) is 15.2 Å². The number of rotatable bonds is 3. The Kier molecular flexibility index (Phi) is 6.51. The van der Waals surface area contributed by atoms with E-state index in [2.05, 4.69) is 5.43 Å². The number of amides is 2. The highest BCUT2D eigenvalue weighted by molar-refractivity contribution is 6.42. The summed E-state index contributed by atoms with van der Waals surface area (Å²) >= 11 is 11.9. The number of hydrogen-bond acceptors (Lipinski definition) is 3. The molecule has 0 heterocycles. The van der Waals surface area contributed by atoms with Gasteiger partial charge in [0.15, 0.2) is 0 Å². The van der Waals surface area contributed by atoms with Crippen LogP contribution < -0.4 is 5.43 Å². The third kappa shape index (κ3) is 5.38. The lowest BCUT2D eigenvalue weighted by Gasteiger charge is -2.35. The van der Waals surface area contributed by atoms with E-state index in [0.717, 1.165) is 5.56 Å². The quantitative estimate of drug-likeness (QED) is 0.738. The molecule has 0 radical (unpaired) electrons. The van der Waals surface area contributed by atoms with Crippen LogP contribution in [0.4, 0.5) is 4.79 Å². The van der Waals surface area contributed by atoms with Crippen LogP contribution in [0.25, 0.3) is 0 Å². The predicted molar refractivity (Wildman–Crippen MR) is 102 cm³/mol. The van der Waals surface area contributed by atoms with Crippen LogP contribution in [0.1, 0.15) is 36.7 Å². The summed E-state index contributed by atoms with van der Waals surface area (Å²) in [4.78, 5) is 25.0. The first kappa shape index (κ1) is 20.1. The third-order valence-electron chi connectivity index (χ3n) is 3.46. The van der Waals surface area contributed by atoms with Gasteiger partial charge in [0.1, 0.15) is 6.61 Å². The molecule has 2 amide bonds. The highest BCUT2D eigenvalue weighted by atomic mass is 35.5. The van der Waals surface area contributed by atoms with Gasteiger partial charge in [-0.3, -0.25) is 4.79 Å². The van der Waals surface area contributed by atoms with Crippen molar-refractivity contribution in [3.8, 4) is 0 Å². The van der Waals surface area contributed by atoms with Gasteiger partial charge >= 0.3 is 6.09 Å². The summed E-state index contributed by atoms with van der Waals surface area (Å²) in [5.74, 6) is -0.423. The van der Waals surface area contributed by atoms with Crippen molar-refractivity contribution >= 4 is 35.2 Å². The fourth-order valence-corrected chi connectivity index (χ4v) is 2.43. The smallest absolute Gasteiger partial charge is 0.426 e. The van der Waals surface area contributed by atoms with Crippen LogP contribution in [0.2, 0.25) is 10.0 Å². The van der Waals surface area contributed by atoms with E-state index in [1.807, 2.05) is 30.3 Å². The molecule has 138 valence electrons. The molecule has 0 saturated heterocycles. The molecule has 5 nitrogen and oxygen atoms in total. The maximum atomic E-state index is 12.8. The molecule has 0 bridgehead atoms. The number of halogens is 2. The minimum absolute atomic E-state index is 0.103. The molecular weight excluding hydrogens is 375 g/mol. The Morgan fingerprint density at radius 3 is 2.27 bits per heavy atom. The molecule has 2 rings (SSSR count). The van der Waals surface area contributed by atoms with E-state index < -0.39 is 17.5 Å². The van der Waals surface area contributed by atoms with Crippen molar-refractivity contribution in [2.45, 2.75) is 32.9 Å². The van der Waals surface area contributed by atoms with Crippen molar-refractivity contribution in [2.75, 3.05) is 0 Å². The summed E-state index contributed by atoms with van der Waals surface area (Å²) in [6, 6.07) is 13.8. The molecule has 0 fully saturated rings. The van der Waals surface area contributed by atoms with Gasteiger partial charge in [0.2, 0.25) is 0 Å². The maximum Gasteiger partial charge on any atom is 0.426 e.